The maximum atomic E-state index is 13.5. The standard InChI is InChI=1S/C28H36F3N7O2/c1-17-13-21(28(29,30)31)15-22(14-17)34-26(40)38(23-11-9-20(10-12-23)27(2,3)4)16-18-5-7-19(8-6-18)24(39)35-25(32)36-37-33/h5-8,13-15,20,23H,9-12,16H2,1-4H3,(H,34,40)(H4,32,33,35,36,39). The number of alkyl halides is 3. The third kappa shape index (κ3) is 8.27. The lowest BCUT2D eigenvalue weighted by molar-refractivity contribution is -0.137. The van der Waals surface area contributed by atoms with Gasteiger partial charge in [0.25, 0.3) is 5.91 Å². The van der Waals surface area contributed by atoms with Crippen LogP contribution in [0.4, 0.5) is 23.7 Å². The number of halogens is 3. The van der Waals surface area contributed by atoms with Crippen molar-refractivity contribution in [3.8, 4) is 0 Å². The topological polar surface area (TPSA) is 139 Å². The van der Waals surface area contributed by atoms with Gasteiger partial charge >= 0.3 is 12.2 Å². The number of amides is 3. The highest BCUT2D eigenvalue weighted by Crippen LogP contribution is 2.39. The lowest BCUT2D eigenvalue weighted by Crippen LogP contribution is -2.45. The number of nitrogens with zero attached hydrogens (tertiary/aromatic N) is 4. The third-order valence-corrected chi connectivity index (χ3v) is 7.21. The summed E-state index contributed by atoms with van der Waals surface area (Å²) < 4.78 is 40.1. The number of carbonyl (C=O) groups excluding carboxylic acids is 2. The smallest absolute Gasteiger partial charge is 0.366 e. The van der Waals surface area contributed by atoms with Crippen molar-refractivity contribution >= 4 is 23.6 Å². The summed E-state index contributed by atoms with van der Waals surface area (Å²) in [4.78, 5) is 31.1. The molecule has 1 aliphatic carbocycles. The lowest BCUT2D eigenvalue weighted by atomic mass is 9.71. The van der Waals surface area contributed by atoms with Gasteiger partial charge in [0, 0.05) is 23.8 Å². The summed E-state index contributed by atoms with van der Waals surface area (Å²) in [6.45, 7) is 8.37. The number of nitrogens with one attached hydrogen (secondary N) is 1. The Kier molecular flexibility index (Phi) is 9.54. The van der Waals surface area contributed by atoms with Crippen LogP contribution in [0.3, 0.4) is 0 Å². The van der Waals surface area contributed by atoms with Crippen molar-refractivity contribution < 1.29 is 22.8 Å². The molecule has 0 bridgehead atoms. The van der Waals surface area contributed by atoms with E-state index in [1.807, 2.05) is 0 Å². The van der Waals surface area contributed by atoms with Crippen LogP contribution in [0.5, 0.6) is 0 Å². The number of anilines is 1. The number of hydrogen-bond donors (Lipinski definition) is 3. The molecule has 9 nitrogen and oxygen atoms in total. The first-order valence-electron chi connectivity index (χ1n) is 13.0. The van der Waals surface area contributed by atoms with Crippen molar-refractivity contribution in [3.05, 3.63) is 64.7 Å². The van der Waals surface area contributed by atoms with Gasteiger partial charge in [-0.25, -0.2) is 4.79 Å². The second-order valence-corrected chi connectivity index (χ2v) is 11.2. The summed E-state index contributed by atoms with van der Waals surface area (Å²) in [5, 5.41) is 8.96. The molecule has 0 spiro atoms. The molecule has 3 rings (SSSR count). The largest absolute Gasteiger partial charge is 0.416 e. The predicted octanol–water partition coefficient (Wildman–Crippen LogP) is 6.43. The molecule has 5 N–H and O–H groups in total. The maximum absolute atomic E-state index is 13.5. The van der Waals surface area contributed by atoms with Gasteiger partial charge in [-0.1, -0.05) is 43.2 Å². The van der Waals surface area contributed by atoms with E-state index in [0.717, 1.165) is 43.4 Å². The molecule has 3 amide bonds. The zero-order valence-corrected chi connectivity index (χ0v) is 23.1. The number of carbonyl (C=O) groups is 2. The van der Waals surface area contributed by atoms with Crippen LogP contribution >= 0.6 is 0 Å². The van der Waals surface area contributed by atoms with Crippen molar-refractivity contribution in [1.29, 1.82) is 0 Å². The Morgan fingerprint density at radius 2 is 1.65 bits per heavy atom. The molecule has 2 aromatic rings. The molecule has 40 heavy (non-hydrogen) atoms. The fourth-order valence-corrected chi connectivity index (χ4v) is 5.03. The number of urea groups is 1. The van der Waals surface area contributed by atoms with Crippen molar-refractivity contribution in [2.24, 2.45) is 38.2 Å². The van der Waals surface area contributed by atoms with Gasteiger partial charge in [0.15, 0.2) is 0 Å². The molecule has 0 atom stereocenters. The molecule has 0 aromatic heterocycles. The Labute approximate surface area is 231 Å². The molecule has 2 aromatic carbocycles. The average Bonchev–Trinajstić information content (AvgIpc) is 2.86. The van der Waals surface area contributed by atoms with Crippen LogP contribution in [0, 0.1) is 18.3 Å². The molecule has 216 valence electrons. The van der Waals surface area contributed by atoms with E-state index in [9.17, 15) is 22.8 Å². The van der Waals surface area contributed by atoms with Crippen LogP contribution in [0.1, 0.15) is 73.5 Å². The monoisotopic (exact) mass is 559 g/mol. The van der Waals surface area contributed by atoms with Crippen LogP contribution in [-0.4, -0.2) is 28.8 Å². The van der Waals surface area contributed by atoms with Gasteiger partial charge in [-0.3, -0.25) is 4.79 Å². The maximum Gasteiger partial charge on any atom is 0.416 e. The molecular weight excluding hydrogens is 523 g/mol. The van der Waals surface area contributed by atoms with Crippen LogP contribution in [0.25, 0.3) is 0 Å². The van der Waals surface area contributed by atoms with Gasteiger partial charge in [-0.05, 0) is 85.4 Å². The fraction of sp³-hybridized carbons (Fsp3) is 0.464. The summed E-state index contributed by atoms with van der Waals surface area (Å²) >= 11 is 0. The SMILES string of the molecule is Cc1cc(NC(=O)N(Cc2ccc(C(=O)N=C(N)/N=N\N)cc2)C2CCC(C(C)(C)C)CC2)cc(C(F)(F)F)c1. The number of aryl methyl sites for hydroxylation is 1. The molecule has 0 unspecified atom stereocenters. The number of benzene rings is 2. The highest BCUT2D eigenvalue weighted by atomic mass is 19.4. The van der Waals surface area contributed by atoms with E-state index in [4.69, 9.17) is 11.6 Å². The summed E-state index contributed by atoms with van der Waals surface area (Å²) in [5.74, 6) is 4.40. The van der Waals surface area contributed by atoms with Gasteiger partial charge in [-0.2, -0.15) is 18.2 Å². The van der Waals surface area contributed by atoms with Crippen LogP contribution in [-0.2, 0) is 12.7 Å². The molecular formula is C28H36F3N7O2. The molecule has 12 heteroatoms. The normalized spacial score (nSPS) is 18.5. The van der Waals surface area contributed by atoms with E-state index >= 15 is 0 Å². The Bertz CT molecular complexity index is 1260. The Morgan fingerprint density at radius 1 is 1.02 bits per heavy atom. The minimum absolute atomic E-state index is 0.0803. The Hall–Kier alpha value is -3.96. The first-order chi connectivity index (χ1) is 18.7. The Morgan fingerprint density at radius 3 is 2.20 bits per heavy atom. The first kappa shape index (κ1) is 30.6. The number of nitrogens with two attached hydrogens (primary N) is 2. The summed E-state index contributed by atoms with van der Waals surface area (Å²) in [7, 11) is 0. The summed E-state index contributed by atoms with van der Waals surface area (Å²) in [5.41, 5.74) is 6.23. The lowest BCUT2D eigenvalue weighted by Gasteiger charge is -2.41. The molecule has 1 saturated carbocycles. The zero-order valence-electron chi connectivity index (χ0n) is 23.1. The predicted molar refractivity (Wildman–Crippen MR) is 147 cm³/mol. The van der Waals surface area contributed by atoms with E-state index in [0.29, 0.717) is 11.5 Å². The average molecular weight is 560 g/mol. The molecule has 0 aliphatic heterocycles. The van der Waals surface area contributed by atoms with E-state index < -0.39 is 23.7 Å². The van der Waals surface area contributed by atoms with Crippen molar-refractivity contribution in [2.45, 2.75) is 72.1 Å². The van der Waals surface area contributed by atoms with Crippen molar-refractivity contribution in [2.75, 3.05) is 5.32 Å². The molecule has 0 radical (unpaired) electrons. The second-order valence-electron chi connectivity index (χ2n) is 11.2. The van der Waals surface area contributed by atoms with Crippen LogP contribution in [0.15, 0.2) is 57.8 Å². The van der Waals surface area contributed by atoms with Gasteiger partial charge in [0.1, 0.15) is 0 Å². The second kappa shape index (κ2) is 12.5. The van der Waals surface area contributed by atoms with Gasteiger partial charge in [0.2, 0.25) is 5.96 Å². The minimum Gasteiger partial charge on any atom is -0.366 e. The number of guanidine groups is 1. The fourth-order valence-electron chi connectivity index (χ4n) is 5.03. The van der Waals surface area contributed by atoms with Gasteiger partial charge in [-0.15, -0.1) is 0 Å². The quantitative estimate of drug-likeness (QED) is 0.128. The van der Waals surface area contributed by atoms with Crippen molar-refractivity contribution in [3.63, 3.8) is 0 Å². The summed E-state index contributed by atoms with van der Waals surface area (Å²) in [6, 6.07) is 9.40. The Balaban J connectivity index is 1.84. The van der Waals surface area contributed by atoms with E-state index in [1.54, 1.807) is 36.1 Å². The highest BCUT2D eigenvalue weighted by Gasteiger charge is 2.34. The number of hydrogen-bond acceptors (Lipinski definition) is 3. The van der Waals surface area contributed by atoms with E-state index in [-0.39, 0.29) is 35.2 Å². The minimum atomic E-state index is -4.53. The van der Waals surface area contributed by atoms with E-state index in [2.05, 4.69) is 41.4 Å². The third-order valence-electron chi connectivity index (χ3n) is 7.21. The molecule has 1 aliphatic rings. The molecule has 0 heterocycles. The number of rotatable bonds is 5. The van der Waals surface area contributed by atoms with Gasteiger partial charge < -0.3 is 21.8 Å². The first-order valence-corrected chi connectivity index (χ1v) is 13.0. The summed E-state index contributed by atoms with van der Waals surface area (Å²) in [6.07, 6.45) is -1.10. The highest BCUT2D eigenvalue weighted by molar-refractivity contribution is 6.02. The van der Waals surface area contributed by atoms with E-state index in [1.165, 1.54) is 6.07 Å². The number of aliphatic imine (C=N–C) groups is 1. The van der Waals surface area contributed by atoms with Gasteiger partial charge in [0.05, 0.1) is 5.56 Å². The van der Waals surface area contributed by atoms with Crippen LogP contribution < -0.4 is 16.9 Å². The van der Waals surface area contributed by atoms with Crippen LogP contribution in [0.2, 0.25) is 0 Å². The zero-order chi connectivity index (χ0) is 29.7. The molecule has 1 fully saturated rings. The van der Waals surface area contributed by atoms with Crippen molar-refractivity contribution in [1.82, 2.24) is 4.90 Å². The molecule has 0 saturated heterocycles.